The van der Waals surface area contributed by atoms with Crippen LogP contribution < -0.4 is 4.74 Å². The van der Waals surface area contributed by atoms with E-state index in [9.17, 15) is 22.0 Å². The van der Waals surface area contributed by atoms with Crippen LogP contribution in [0, 0.1) is 46.9 Å². The summed E-state index contributed by atoms with van der Waals surface area (Å²) in [7, 11) is 0. The number of alkyl halides is 2. The Kier molecular flexibility index (Phi) is 9.53. The average molecular weight is 585 g/mol. The van der Waals surface area contributed by atoms with Crippen LogP contribution in [0.3, 0.4) is 0 Å². The van der Waals surface area contributed by atoms with Gasteiger partial charge >= 0.3 is 6.11 Å². The first kappa shape index (κ1) is 30.2. The van der Waals surface area contributed by atoms with Crippen LogP contribution >= 0.6 is 0 Å². The van der Waals surface area contributed by atoms with Gasteiger partial charge in [0.25, 0.3) is 0 Å². The zero-order valence-electron chi connectivity index (χ0n) is 23.3. The van der Waals surface area contributed by atoms with Crippen LogP contribution in [0.25, 0.3) is 0 Å². The molecule has 2 saturated carbocycles. The van der Waals surface area contributed by atoms with E-state index < -0.39 is 35.2 Å². The Labute approximate surface area is 237 Å². The summed E-state index contributed by atoms with van der Waals surface area (Å²) in [6.45, 7) is 3.65. The Bertz CT molecular complexity index is 1140. The molecule has 3 fully saturated rings. The molecule has 2 aromatic rings. The second kappa shape index (κ2) is 12.9. The minimum Gasteiger partial charge on any atom is -0.432 e. The topological polar surface area (TPSA) is 27.7 Å². The van der Waals surface area contributed by atoms with E-state index in [1.807, 2.05) is 6.07 Å². The predicted molar refractivity (Wildman–Crippen MR) is 142 cm³/mol. The molecule has 3 nitrogen and oxygen atoms in total. The Hall–Kier alpha value is -2.26. The fraction of sp³-hybridized carbons (Fsp3) is 0.625. The van der Waals surface area contributed by atoms with Crippen molar-refractivity contribution in [3.8, 4) is 5.75 Å². The zero-order valence-corrected chi connectivity index (χ0v) is 23.3. The van der Waals surface area contributed by atoms with Gasteiger partial charge in [0.05, 0.1) is 19.1 Å². The molecule has 2 aromatic carbocycles. The normalized spacial score (nSPS) is 29.3. The molecule has 2 aliphatic carbocycles. The molecule has 1 heterocycles. The van der Waals surface area contributed by atoms with Gasteiger partial charge in [0.15, 0.2) is 23.7 Å². The third kappa shape index (κ3) is 7.39. The molecule has 0 aromatic heterocycles. The van der Waals surface area contributed by atoms with Crippen LogP contribution in [0.4, 0.5) is 26.3 Å². The van der Waals surface area contributed by atoms with Crippen molar-refractivity contribution >= 4 is 0 Å². The van der Waals surface area contributed by atoms with Crippen LogP contribution in [0.1, 0.15) is 81.8 Å². The van der Waals surface area contributed by atoms with Gasteiger partial charge < -0.3 is 14.2 Å². The van der Waals surface area contributed by atoms with E-state index in [1.54, 1.807) is 12.1 Å². The summed E-state index contributed by atoms with van der Waals surface area (Å²) in [6, 6.07) is 6.11. The number of benzene rings is 2. The summed E-state index contributed by atoms with van der Waals surface area (Å²) in [4.78, 5) is 0. The van der Waals surface area contributed by atoms with Gasteiger partial charge in [-0.3, -0.25) is 0 Å². The second-order valence-electron chi connectivity index (χ2n) is 12.2. The average Bonchev–Trinajstić information content (AvgIpc) is 2.95. The van der Waals surface area contributed by atoms with Gasteiger partial charge in [-0.25, -0.2) is 17.6 Å². The fourth-order valence-electron chi connectivity index (χ4n) is 6.64. The van der Waals surface area contributed by atoms with Crippen LogP contribution in [0.15, 0.2) is 30.3 Å². The molecule has 1 aliphatic heterocycles. The summed E-state index contributed by atoms with van der Waals surface area (Å²) in [5.41, 5.74) is 1.47. The maximum absolute atomic E-state index is 15.1. The molecule has 0 amide bonds. The van der Waals surface area contributed by atoms with Gasteiger partial charge in [0.2, 0.25) is 0 Å². The highest BCUT2D eigenvalue weighted by Crippen LogP contribution is 2.44. The zero-order chi connectivity index (χ0) is 29.1. The molecule has 0 spiro atoms. The molecule has 1 saturated heterocycles. The molecular weight excluding hydrogens is 546 g/mol. The van der Waals surface area contributed by atoms with E-state index in [4.69, 9.17) is 9.47 Å². The number of rotatable bonds is 8. The van der Waals surface area contributed by atoms with Crippen LogP contribution in [0.5, 0.6) is 5.75 Å². The number of halogens is 6. The standard InChI is InChI=1S/C32H38F6O3/c1-19-17-39-31(40-18-19)23-7-4-20(5-8-23)2-3-21-6-13-26(27(33)14-21)22-9-11-24(12-10-22)32(37,38)41-25-15-28(34)30(36)29(35)16-25/h6,13-16,19-20,22-24,31H,2-5,7-12,17-18H2,1H3. The first-order valence-electron chi connectivity index (χ1n) is 14.8. The lowest BCUT2D eigenvalue weighted by molar-refractivity contribution is -0.226. The fourth-order valence-corrected chi connectivity index (χ4v) is 6.64. The van der Waals surface area contributed by atoms with Gasteiger partial charge in [-0.05, 0) is 93.2 Å². The Morgan fingerprint density at radius 1 is 0.805 bits per heavy atom. The minimum absolute atomic E-state index is 0.0592. The Morgan fingerprint density at radius 2 is 1.44 bits per heavy atom. The molecule has 3 aliphatic rings. The second-order valence-corrected chi connectivity index (χ2v) is 12.2. The first-order chi connectivity index (χ1) is 19.6. The summed E-state index contributed by atoms with van der Waals surface area (Å²) < 4.78 is 101. The van der Waals surface area contributed by atoms with E-state index in [1.165, 1.54) is 0 Å². The highest BCUT2D eigenvalue weighted by atomic mass is 19.3. The van der Waals surface area contributed by atoms with Crippen molar-refractivity contribution in [3.63, 3.8) is 0 Å². The quantitative estimate of drug-likeness (QED) is 0.229. The van der Waals surface area contributed by atoms with E-state index in [-0.39, 0.29) is 30.9 Å². The molecule has 9 heteroatoms. The molecule has 0 bridgehead atoms. The van der Waals surface area contributed by atoms with Crippen LogP contribution in [-0.2, 0) is 15.9 Å². The molecule has 0 N–H and O–H groups in total. The number of ether oxygens (including phenoxy) is 3. The highest BCUT2D eigenvalue weighted by molar-refractivity contribution is 5.28. The third-order valence-corrected chi connectivity index (χ3v) is 9.13. The van der Waals surface area contributed by atoms with Crippen molar-refractivity contribution in [3.05, 3.63) is 64.7 Å². The highest BCUT2D eigenvalue weighted by Gasteiger charge is 2.44. The summed E-state index contributed by atoms with van der Waals surface area (Å²) in [5, 5.41) is 0. The predicted octanol–water partition coefficient (Wildman–Crippen LogP) is 8.94. The van der Waals surface area contributed by atoms with E-state index in [0.29, 0.717) is 48.3 Å². The maximum Gasteiger partial charge on any atom is 0.400 e. The monoisotopic (exact) mass is 584 g/mol. The van der Waals surface area contributed by atoms with Crippen molar-refractivity contribution < 1.29 is 40.6 Å². The van der Waals surface area contributed by atoms with Crippen LogP contribution in [0.2, 0.25) is 0 Å². The Morgan fingerprint density at radius 3 is 2.05 bits per heavy atom. The summed E-state index contributed by atoms with van der Waals surface area (Å²) >= 11 is 0. The van der Waals surface area contributed by atoms with Gasteiger partial charge in [0, 0.05) is 24.0 Å². The third-order valence-electron chi connectivity index (χ3n) is 9.13. The number of aryl methyl sites for hydroxylation is 1. The van der Waals surface area contributed by atoms with E-state index in [2.05, 4.69) is 11.7 Å². The summed E-state index contributed by atoms with van der Waals surface area (Å²) in [6.07, 6.45) is 3.21. The molecule has 41 heavy (non-hydrogen) atoms. The molecular formula is C32H38F6O3. The lowest BCUT2D eigenvalue weighted by atomic mass is 9.77. The molecule has 0 unspecified atom stereocenters. The van der Waals surface area contributed by atoms with Crippen molar-refractivity contribution in [2.45, 2.75) is 89.4 Å². The number of hydrogen-bond acceptors (Lipinski definition) is 3. The van der Waals surface area contributed by atoms with Crippen molar-refractivity contribution in [1.82, 2.24) is 0 Å². The van der Waals surface area contributed by atoms with E-state index in [0.717, 1.165) is 57.3 Å². The van der Waals surface area contributed by atoms with Gasteiger partial charge in [-0.15, -0.1) is 0 Å². The van der Waals surface area contributed by atoms with Crippen molar-refractivity contribution in [1.29, 1.82) is 0 Å². The van der Waals surface area contributed by atoms with E-state index >= 15 is 4.39 Å². The lowest BCUT2D eigenvalue weighted by Gasteiger charge is -2.37. The lowest BCUT2D eigenvalue weighted by Crippen LogP contribution is -2.37. The van der Waals surface area contributed by atoms with Gasteiger partial charge in [-0.2, -0.15) is 8.78 Å². The van der Waals surface area contributed by atoms with Gasteiger partial charge in [-0.1, -0.05) is 19.1 Å². The SMILES string of the molecule is CC1COC(C2CCC(CCc3ccc(C4CCC(C(F)(F)Oc5cc(F)c(F)c(F)c5)CC4)c(F)c3)CC2)OC1. The smallest absolute Gasteiger partial charge is 0.400 e. The largest absolute Gasteiger partial charge is 0.432 e. The first-order valence-corrected chi connectivity index (χ1v) is 14.8. The Balaban J connectivity index is 1.08. The molecule has 0 radical (unpaired) electrons. The molecule has 226 valence electrons. The number of hydrogen-bond donors (Lipinski definition) is 0. The van der Waals surface area contributed by atoms with Crippen molar-refractivity contribution in [2.24, 2.45) is 23.7 Å². The van der Waals surface area contributed by atoms with Crippen molar-refractivity contribution in [2.75, 3.05) is 13.2 Å². The summed E-state index contributed by atoms with van der Waals surface area (Å²) in [5.74, 6) is -5.92. The van der Waals surface area contributed by atoms with Crippen LogP contribution in [-0.4, -0.2) is 25.6 Å². The minimum atomic E-state index is -3.70. The molecule has 0 atom stereocenters. The van der Waals surface area contributed by atoms with Gasteiger partial charge in [0.1, 0.15) is 11.6 Å². The molecule has 5 rings (SSSR count). The maximum atomic E-state index is 15.1.